The van der Waals surface area contributed by atoms with E-state index in [1.54, 1.807) is 0 Å². The van der Waals surface area contributed by atoms with Crippen molar-refractivity contribution < 1.29 is 39.6 Å². The van der Waals surface area contributed by atoms with Crippen LogP contribution in [-0.2, 0) is 19.2 Å². The molecule has 0 aliphatic heterocycles. The zero-order valence-electron chi connectivity index (χ0n) is 15.8. The summed E-state index contributed by atoms with van der Waals surface area (Å²) in [6.45, 7) is 4.18. The monoisotopic (exact) mass is 386 g/mol. The number of hydrogen-bond donors (Lipinski definition) is 4. The average molecular weight is 386 g/mol. The Morgan fingerprint density at radius 1 is 0.778 bits per heavy atom. The third kappa shape index (κ3) is 6.52. The van der Waals surface area contributed by atoms with E-state index in [4.69, 9.17) is 20.4 Å². The van der Waals surface area contributed by atoms with Gasteiger partial charge in [0.15, 0.2) is 11.8 Å². The molecule has 1 rings (SSSR count). The smallest absolute Gasteiger partial charge is 0.317 e. The zero-order chi connectivity index (χ0) is 20.7. The summed E-state index contributed by atoms with van der Waals surface area (Å²) in [6.07, 6.45) is 3.64. The summed E-state index contributed by atoms with van der Waals surface area (Å²) in [5, 5.41) is 36.4. The Kier molecular flexibility index (Phi) is 8.72. The molecule has 0 heterocycles. The van der Waals surface area contributed by atoms with Crippen molar-refractivity contribution in [3.8, 4) is 0 Å². The lowest BCUT2D eigenvalue weighted by Gasteiger charge is -2.33. The standard InChI is InChI=1S/C19H30O8/c1-10-4-3-5-12(6-7-14(16(20)21)17(22)23)13(11(10)2)8-9-15(18(24)25)19(26)27/h10-15H,3-9H2,1-2H3,(H,20,21)(H,22,23)(H,24,25)(H,26,27). The van der Waals surface area contributed by atoms with Gasteiger partial charge >= 0.3 is 23.9 Å². The van der Waals surface area contributed by atoms with Crippen LogP contribution in [0.5, 0.6) is 0 Å². The first-order chi connectivity index (χ1) is 12.6. The Bertz CT molecular complexity index is 530. The summed E-state index contributed by atoms with van der Waals surface area (Å²) in [4.78, 5) is 44.6. The largest absolute Gasteiger partial charge is 0.481 e. The Hall–Kier alpha value is -2.12. The van der Waals surface area contributed by atoms with Crippen molar-refractivity contribution in [3.63, 3.8) is 0 Å². The van der Waals surface area contributed by atoms with Crippen LogP contribution < -0.4 is 0 Å². The maximum absolute atomic E-state index is 11.2. The van der Waals surface area contributed by atoms with Crippen LogP contribution in [0.3, 0.4) is 0 Å². The lowest BCUT2D eigenvalue weighted by atomic mass is 9.72. The van der Waals surface area contributed by atoms with Crippen LogP contribution in [-0.4, -0.2) is 44.3 Å². The zero-order valence-corrected chi connectivity index (χ0v) is 15.8. The van der Waals surface area contributed by atoms with Gasteiger partial charge in [0.05, 0.1) is 0 Å². The minimum absolute atomic E-state index is 0.0180. The SMILES string of the molecule is CC1CCCC(CCC(C(=O)O)C(=O)O)C(CCC(C(=O)O)C(=O)O)C1C. The van der Waals surface area contributed by atoms with Crippen LogP contribution in [0.25, 0.3) is 0 Å². The summed E-state index contributed by atoms with van der Waals surface area (Å²) >= 11 is 0. The predicted octanol–water partition coefficient (Wildman–Crippen LogP) is 2.81. The number of hydrogen-bond acceptors (Lipinski definition) is 4. The Labute approximate surface area is 158 Å². The number of carboxylic acids is 4. The lowest BCUT2D eigenvalue weighted by Crippen LogP contribution is -2.30. The molecule has 27 heavy (non-hydrogen) atoms. The second-order valence-corrected chi connectivity index (χ2v) is 7.80. The molecule has 0 radical (unpaired) electrons. The fourth-order valence-corrected chi connectivity index (χ4v) is 4.33. The molecule has 1 saturated carbocycles. The van der Waals surface area contributed by atoms with E-state index in [1.165, 1.54) is 0 Å². The fourth-order valence-electron chi connectivity index (χ4n) is 4.33. The molecule has 8 heteroatoms. The third-order valence-corrected chi connectivity index (χ3v) is 6.22. The van der Waals surface area contributed by atoms with E-state index in [2.05, 4.69) is 13.8 Å². The van der Waals surface area contributed by atoms with Crippen LogP contribution in [0.1, 0.15) is 58.8 Å². The van der Waals surface area contributed by atoms with Gasteiger partial charge in [0, 0.05) is 0 Å². The first-order valence-corrected chi connectivity index (χ1v) is 9.47. The summed E-state index contributed by atoms with van der Waals surface area (Å²) in [5.41, 5.74) is 0. The van der Waals surface area contributed by atoms with Crippen molar-refractivity contribution >= 4 is 23.9 Å². The normalized spacial score (nSPS) is 25.9. The molecule has 4 atom stereocenters. The quantitative estimate of drug-likeness (QED) is 0.331. The highest BCUT2D eigenvalue weighted by Gasteiger charge is 2.36. The van der Waals surface area contributed by atoms with Gasteiger partial charge < -0.3 is 20.4 Å². The van der Waals surface area contributed by atoms with Gasteiger partial charge in [-0.05, 0) is 49.4 Å². The van der Waals surface area contributed by atoms with Gasteiger partial charge in [-0.2, -0.15) is 0 Å². The average Bonchev–Trinajstić information content (AvgIpc) is 2.67. The van der Waals surface area contributed by atoms with Gasteiger partial charge in [-0.15, -0.1) is 0 Å². The summed E-state index contributed by atoms with van der Waals surface area (Å²) in [7, 11) is 0. The summed E-state index contributed by atoms with van der Waals surface area (Å²) in [6, 6.07) is 0. The van der Waals surface area contributed by atoms with E-state index < -0.39 is 35.7 Å². The van der Waals surface area contributed by atoms with Crippen molar-refractivity contribution in [2.45, 2.75) is 58.8 Å². The van der Waals surface area contributed by atoms with E-state index >= 15 is 0 Å². The fraction of sp³-hybridized carbons (Fsp3) is 0.789. The molecule has 0 spiro atoms. The molecule has 0 aromatic rings. The molecule has 154 valence electrons. The highest BCUT2D eigenvalue weighted by molar-refractivity contribution is 5.93. The predicted molar refractivity (Wildman–Crippen MR) is 95.2 cm³/mol. The molecule has 8 nitrogen and oxygen atoms in total. The first kappa shape index (κ1) is 22.9. The molecule has 4 unspecified atom stereocenters. The van der Waals surface area contributed by atoms with Crippen molar-refractivity contribution in [2.75, 3.05) is 0 Å². The minimum atomic E-state index is -1.46. The van der Waals surface area contributed by atoms with Gasteiger partial charge in [0.2, 0.25) is 0 Å². The van der Waals surface area contributed by atoms with E-state index in [0.29, 0.717) is 18.8 Å². The summed E-state index contributed by atoms with van der Waals surface area (Å²) < 4.78 is 0. The van der Waals surface area contributed by atoms with Crippen LogP contribution in [0, 0.1) is 35.5 Å². The molecule has 4 N–H and O–H groups in total. The van der Waals surface area contributed by atoms with Gasteiger partial charge in [-0.25, -0.2) is 0 Å². The molecular weight excluding hydrogens is 356 g/mol. The minimum Gasteiger partial charge on any atom is -0.481 e. The second kappa shape index (κ2) is 10.3. The number of rotatable bonds is 10. The van der Waals surface area contributed by atoms with Crippen LogP contribution in [0.2, 0.25) is 0 Å². The number of carboxylic acid groups (broad SMARTS) is 4. The molecule has 0 aromatic heterocycles. The van der Waals surface area contributed by atoms with Gasteiger partial charge in [0.1, 0.15) is 0 Å². The molecule has 1 aliphatic rings. The van der Waals surface area contributed by atoms with E-state index in [0.717, 1.165) is 19.3 Å². The number of carbonyl (C=O) groups is 4. The van der Waals surface area contributed by atoms with Gasteiger partial charge in [0.25, 0.3) is 0 Å². The molecular formula is C19H30O8. The van der Waals surface area contributed by atoms with Crippen molar-refractivity contribution in [3.05, 3.63) is 0 Å². The van der Waals surface area contributed by atoms with E-state index in [9.17, 15) is 19.2 Å². The Balaban J connectivity index is 2.90. The Morgan fingerprint density at radius 2 is 1.22 bits per heavy atom. The lowest BCUT2D eigenvalue weighted by molar-refractivity contribution is -0.157. The van der Waals surface area contributed by atoms with E-state index in [1.807, 2.05) is 0 Å². The summed E-state index contributed by atoms with van der Waals surface area (Å²) in [5.74, 6) is -7.60. The molecule has 0 saturated heterocycles. The highest BCUT2D eigenvalue weighted by atomic mass is 16.4. The van der Waals surface area contributed by atoms with Crippen LogP contribution in [0.4, 0.5) is 0 Å². The van der Waals surface area contributed by atoms with Crippen molar-refractivity contribution in [1.29, 1.82) is 0 Å². The second-order valence-electron chi connectivity index (χ2n) is 7.80. The highest BCUT2D eigenvalue weighted by Crippen LogP contribution is 2.42. The maximum atomic E-state index is 11.2. The molecule has 0 aromatic carbocycles. The Morgan fingerprint density at radius 3 is 1.67 bits per heavy atom. The number of aliphatic carboxylic acids is 4. The van der Waals surface area contributed by atoms with Crippen molar-refractivity contribution in [2.24, 2.45) is 35.5 Å². The van der Waals surface area contributed by atoms with Gasteiger partial charge in [-0.1, -0.05) is 33.1 Å². The first-order valence-electron chi connectivity index (χ1n) is 9.47. The van der Waals surface area contributed by atoms with Crippen LogP contribution in [0.15, 0.2) is 0 Å². The molecule has 0 amide bonds. The molecule has 0 bridgehead atoms. The maximum Gasteiger partial charge on any atom is 0.317 e. The topological polar surface area (TPSA) is 149 Å². The molecule has 1 aliphatic carbocycles. The van der Waals surface area contributed by atoms with E-state index in [-0.39, 0.29) is 30.6 Å². The van der Waals surface area contributed by atoms with Crippen LogP contribution >= 0.6 is 0 Å². The third-order valence-electron chi connectivity index (χ3n) is 6.22. The van der Waals surface area contributed by atoms with Gasteiger partial charge in [-0.3, -0.25) is 19.2 Å². The molecule has 1 fully saturated rings. The van der Waals surface area contributed by atoms with Crippen molar-refractivity contribution in [1.82, 2.24) is 0 Å².